The summed E-state index contributed by atoms with van der Waals surface area (Å²) in [6.45, 7) is 6.46. The summed E-state index contributed by atoms with van der Waals surface area (Å²) in [4.78, 5) is 24.2. The fourth-order valence-electron chi connectivity index (χ4n) is 4.56. The van der Waals surface area contributed by atoms with Crippen LogP contribution in [0.5, 0.6) is 0 Å². The number of nitrogens with zero attached hydrogens (tertiary/aromatic N) is 3. The number of hydrogen-bond acceptors (Lipinski definition) is 5. The normalized spacial score (nSPS) is 15.5. The highest BCUT2D eigenvalue weighted by atomic mass is 19.4. The van der Waals surface area contributed by atoms with Crippen LogP contribution in [0.3, 0.4) is 0 Å². The van der Waals surface area contributed by atoms with E-state index in [4.69, 9.17) is 9.72 Å². The van der Waals surface area contributed by atoms with E-state index in [1.165, 1.54) is 18.3 Å². The van der Waals surface area contributed by atoms with Crippen LogP contribution in [0.2, 0.25) is 0 Å². The zero-order valence-electron chi connectivity index (χ0n) is 20.5. The average Bonchev–Trinajstić information content (AvgIpc) is 2.87. The zero-order chi connectivity index (χ0) is 25.9. The molecule has 0 spiro atoms. The van der Waals surface area contributed by atoms with Crippen molar-refractivity contribution in [1.29, 1.82) is 0 Å². The smallest absolute Gasteiger partial charge is 0.385 e. The number of alkyl halides is 3. The average molecular weight is 499 g/mol. The van der Waals surface area contributed by atoms with E-state index in [0.29, 0.717) is 18.2 Å². The lowest BCUT2D eigenvalue weighted by atomic mass is 9.88. The van der Waals surface area contributed by atoms with Crippen LogP contribution in [-0.2, 0) is 10.9 Å². The number of amides is 1. The maximum atomic E-state index is 13.0. The summed E-state index contributed by atoms with van der Waals surface area (Å²) in [6, 6.07) is 8.25. The molecule has 0 bridgehead atoms. The molecule has 3 heterocycles. The number of nitrogens with one attached hydrogen (secondary N) is 1. The fraction of sp³-hybridized carbons (Fsp3) is 0.370. The van der Waals surface area contributed by atoms with Crippen LogP contribution in [-0.4, -0.2) is 42.7 Å². The van der Waals surface area contributed by atoms with Crippen molar-refractivity contribution in [2.24, 2.45) is 0 Å². The second-order valence-corrected chi connectivity index (χ2v) is 8.87. The van der Waals surface area contributed by atoms with Gasteiger partial charge in [0.05, 0.1) is 17.4 Å². The quantitative estimate of drug-likeness (QED) is 0.428. The molecule has 0 radical (unpaired) electrons. The van der Waals surface area contributed by atoms with Gasteiger partial charge in [0.2, 0.25) is 0 Å². The molecule has 4 rings (SSSR count). The minimum Gasteiger partial charge on any atom is -0.385 e. The van der Waals surface area contributed by atoms with E-state index in [1.807, 2.05) is 13.1 Å². The molecule has 1 aliphatic rings. The summed E-state index contributed by atoms with van der Waals surface area (Å²) < 4.78 is 44.5. The van der Waals surface area contributed by atoms with E-state index in [-0.39, 0.29) is 5.56 Å². The number of benzene rings is 1. The molecule has 1 amide bonds. The summed E-state index contributed by atoms with van der Waals surface area (Å²) in [7, 11) is 1.70. The van der Waals surface area contributed by atoms with Gasteiger partial charge in [0.15, 0.2) is 0 Å². The Kier molecular flexibility index (Phi) is 7.59. The predicted molar refractivity (Wildman–Crippen MR) is 133 cm³/mol. The number of carbonyl (C=O) groups is 1. The lowest BCUT2D eigenvalue weighted by Crippen LogP contribution is -2.32. The van der Waals surface area contributed by atoms with Gasteiger partial charge < -0.3 is 15.0 Å². The van der Waals surface area contributed by atoms with E-state index >= 15 is 0 Å². The molecule has 1 aromatic carbocycles. The van der Waals surface area contributed by atoms with Crippen molar-refractivity contribution in [2.45, 2.75) is 38.8 Å². The largest absolute Gasteiger partial charge is 0.416 e. The number of halogens is 3. The summed E-state index contributed by atoms with van der Waals surface area (Å²) in [5.41, 5.74) is 3.02. The first kappa shape index (κ1) is 25.6. The predicted octanol–water partition coefficient (Wildman–Crippen LogP) is 6.07. The van der Waals surface area contributed by atoms with Gasteiger partial charge in [-0.15, -0.1) is 0 Å². The zero-order valence-corrected chi connectivity index (χ0v) is 20.5. The van der Waals surface area contributed by atoms with E-state index in [2.05, 4.69) is 28.2 Å². The Morgan fingerprint density at radius 3 is 2.72 bits per heavy atom. The molecule has 6 nitrogen and oxygen atoms in total. The minimum absolute atomic E-state index is 0.0805. The number of carbonyl (C=O) groups excluding carboxylic acids is 1. The van der Waals surface area contributed by atoms with Crippen molar-refractivity contribution < 1.29 is 22.7 Å². The molecular formula is C27H29F3N4O2. The standard InChI is InChI=1S/C27H29F3N4O2/c1-4-34-10-8-18(9-11-36-3)24-13-20(15-32-25(24)34)23-14-22(16-31-17(23)2)33-26(35)19-6-5-7-21(12-19)27(28,29)30/h5-7,12-16,18H,4,8-11H2,1-3H3,(H,33,35). The van der Waals surface area contributed by atoms with E-state index in [1.54, 1.807) is 13.2 Å². The van der Waals surface area contributed by atoms with Crippen molar-refractivity contribution in [3.05, 3.63) is 71.2 Å². The molecule has 190 valence electrons. The number of pyridine rings is 2. The van der Waals surface area contributed by atoms with E-state index in [0.717, 1.165) is 66.3 Å². The third-order valence-electron chi connectivity index (χ3n) is 6.54. The van der Waals surface area contributed by atoms with Crippen LogP contribution in [0.25, 0.3) is 11.1 Å². The maximum absolute atomic E-state index is 13.0. The van der Waals surface area contributed by atoms with Crippen LogP contribution in [0, 0.1) is 6.92 Å². The number of aromatic nitrogens is 2. The molecule has 9 heteroatoms. The highest BCUT2D eigenvalue weighted by Gasteiger charge is 2.31. The Morgan fingerprint density at radius 1 is 1.19 bits per heavy atom. The monoisotopic (exact) mass is 498 g/mol. The first-order valence-corrected chi connectivity index (χ1v) is 11.9. The molecule has 1 N–H and O–H groups in total. The number of aryl methyl sites for hydroxylation is 1. The third-order valence-corrected chi connectivity index (χ3v) is 6.54. The lowest BCUT2D eigenvalue weighted by Gasteiger charge is -2.34. The topological polar surface area (TPSA) is 67.3 Å². The highest BCUT2D eigenvalue weighted by molar-refractivity contribution is 6.04. The van der Waals surface area contributed by atoms with Gasteiger partial charge in [-0.2, -0.15) is 13.2 Å². The fourth-order valence-corrected chi connectivity index (χ4v) is 4.56. The second-order valence-electron chi connectivity index (χ2n) is 8.87. The molecule has 3 aromatic rings. The Balaban J connectivity index is 1.63. The number of ether oxygens (including phenoxy) is 1. The van der Waals surface area contributed by atoms with Gasteiger partial charge in [0, 0.05) is 55.4 Å². The van der Waals surface area contributed by atoms with Crippen molar-refractivity contribution >= 4 is 17.4 Å². The van der Waals surface area contributed by atoms with Gasteiger partial charge in [-0.3, -0.25) is 9.78 Å². The summed E-state index contributed by atoms with van der Waals surface area (Å²) in [5, 5.41) is 2.68. The van der Waals surface area contributed by atoms with E-state index in [9.17, 15) is 18.0 Å². The molecule has 0 saturated carbocycles. The van der Waals surface area contributed by atoms with Gasteiger partial charge in [-0.25, -0.2) is 4.98 Å². The maximum Gasteiger partial charge on any atom is 0.416 e. The molecule has 0 aliphatic carbocycles. The van der Waals surface area contributed by atoms with Gasteiger partial charge in [0.25, 0.3) is 5.91 Å². The molecule has 1 atom stereocenters. The van der Waals surface area contributed by atoms with E-state index < -0.39 is 17.6 Å². The van der Waals surface area contributed by atoms with Gasteiger partial charge in [0.1, 0.15) is 5.82 Å². The molecular weight excluding hydrogens is 469 g/mol. The van der Waals surface area contributed by atoms with Crippen LogP contribution >= 0.6 is 0 Å². The summed E-state index contributed by atoms with van der Waals surface area (Å²) in [5.74, 6) is 0.667. The van der Waals surface area contributed by atoms with Crippen molar-refractivity contribution in [3.8, 4) is 11.1 Å². The molecule has 0 saturated heterocycles. The van der Waals surface area contributed by atoms with Gasteiger partial charge >= 0.3 is 6.18 Å². The Hall–Kier alpha value is -3.46. The van der Waals surface area contributed by atoms with Gasteiger partial charge in [-0.05, 0) is 68.5 Å². The molecule has 2 aromatic heterocycles. The number of anilines is 2. The first-order chi connectivity index (χ1) is 17.2. The number of hydrogen-bond donors (Lipinski definition) is 1. The lowest BCUT2D eigenvalue weighted by molar-refractivity contribution is -0.137. The Bertz CT molecular complexity index is 1250. The minimum atomic E-state index is -4.53. The summed E-state index contributed by atoms with van der Waals surface area (Å²) in [6.07, 6.45) is 0.692. The van der Waals surface area contributed by atoms with Crippen LogP contribution in [0.4, 0.5) is 24.7 Å². The van der Waals surface area contributed by atoms with Crippen molar-refractivity contribution in [1.82, 2.24) is 9.97 Å². The van der Waals surface area contributed by atoms with Crippen molar-refractivity contribution in [2.75, 3.05) is 37.0 Å². The van der Waals surface area contributed by atoms with Crippen LogP contribution in [0.1, 0.15) is 52.9 Å². The number of fused-ring (bicyclic) bond motifs is 1. The van der Waals surface area contributed by atoms with Crippen LogP contribution in [0.15, 0.2) is 48.8 Å². The van der Waals surface area contributed by atoms with Crippen LogP contribution < -0.4 is 10.2 Å². The van der Waals surface area contributed by atoms with Gasteiger partial charge in [-0.1, -0.05) is 6.07 Å². The Labute approximate surface area is 208 Å². The second kappa shape index (κ2) is 10.7. The highest BCUT2D eigenvalue weighted by Crippen LogP contribution is 2.38. The number of methoxy groups -OCH3 is 1. The number of rotatable bonds is 7. The molecule has 36 heavy (non-hydrogen) atoms. The summed E-state index contributed by atoms with van der Waals surface area (Å²) >= 11 is 0. The Morgan fingerprint density at radius 2 is 2.00 bits per heavy atom. The first-order valence-electron chi connectivity index (χ1n) is 11.9. The van der Waals surface area contributed by atoms with Crippen molar-refractivity contribution in [3.63, 3.8) is 0 Å². The SMILES string of the molecule is CCN1CCC(CCOC)c2cc(-c3cc(NC(=O)c4cccc(C(F)(F)F)c4)cnc3C)cnc21. The third kappa shape index (κ3) is 5.51. The molecule has 1 unspecified atom stereocenters. The molecule has 0 fully saturated rings. The molecule has 1 aliphatic heterocycles.